The number of benzene rings is 1. The third-order valence-electron chi connectivity index (χ3n) is 2.92. The van der Waals surface area contributed by atoms with Crippen molar-refractivity contribution in [2.24, 2.45) is 10.2 Å². The Labute approximate surface area is 122 Å². The first-order chi connectivity index (χ1) is 9.61. The molecule has 0 aliphatic heterocycles. The van der Waals surface area contributed by atoms with E-state index in [0.717, 1.165) is 18.5 Å². The van der Waals surface area contributed by atoms with Crippen molar-refractivity contribution >= 4 is 28.7 Å². The van der Waals surface area contributed by atoms with Crippen molar-refractivity contribution in [3.05, 3.63) is 35.0 Å². The van der Waals surface area contributed by atoms with Crippen LogP contribution in [0.2, 0.25) is 0 Å². The number of nitrogens with zero attached hydrogens (tertiary/aromatic N) is 4. The van der Waals surface area contributed by atoms with Crippen molar-refractivity contribution < 1.29 is 4.39 Å². The highest BCUT2D eigenvalue weighted by Gasteiger charge is 2.10. The second-order valence-electron chi connectivity index (χ2n) is 4.57. The van der Waals surface area contributed by atoms with Crippen LogP contribution in [0, 0.1) is 12.7 Å². The minimum absolute atomic E-state index is 0.279. The maximum Gasteiger partial charge on any atom is 0.187 e. The van der Waals surface area contributed by atoms with Gasteiger partial charge in [-0.05, 0) is 42.6 Å². The second-order valence-corrected chi connectivity index (χ2v) is 5.23. The van der Waals surface area contributed by atoms with Crippen molar-refractivity contribution in [2.45, 2.75) is 20.3 Å². The largest absolute Gasteiger partial charge is 0.372 e. The molecule has 20 heavy (non-hydrogen) atoms. The molecular weight excluding hydrogens is 275 g/mol. The van der Waals surface area contributed by atoms with Crippen molar-refractivity contribution in [3.8, 4) is 0 Å². The minimum Gasteiger partial charge on any atom is -0.372 e. The second kappa shape index (κ2) is 6.56. The average molecular weight is 292 g/mol. The molecule has 0 N–H and O–H groups in total. The third kappa shape index (κ3) is 3.39. The lowest BCUT2D eigenvalue weighted by molar-refractivity contribution is 0.621. The van der Waals surface area contributed by atoms with Crippen molar-refractivity contribution in [3.63, 3.8) is 0 Å². The summed E-state index contributed by atoms with van der Waals surface area (Å²) in [7, 11) is 1.89. The molecule has 1 aromatic carbocycles. The van der Waals surface area contributed by atoms with Crippen LogP contribution >= 0.6 is 11.5 Å². The monoisotopic (exact) mass is 292 g/mol. The molecule has 1 heterocycles. The summed E-state index contributed by atoms with van der Waals surface area (Å²) in [6.07, 6.45) is 0.972. The minimum atomic E-state index is -0.279. The molecule has 2 aromatic rings. The molecule has 0 radical (unpaired) electrons. The van der Waals surface area contributed by atoms with Crippen LogP contribution in [0.1, 0.15) is 18.9 Å². The summed E-state index contributed by atoms with van der Waals surface area (Å²) in [4.78, 5) is 1.91. The summed E-state index contributed by atoms with van der Waals surface area (Å²) in [5.74, 6) is 0.265. The van der Waals surface area contributed by atoms with Gasteiger partial charge in [-0.15, -0.1) is 10.2 Å². The molecule has 6 heteroatoms. The molecule has 1 aromatic heterocycles. The van der Waals surface area contributed by atoms with E-state index in [4.69, 9.17) is 0 Å². The van der Waals surface area contributed by atoms with Gasteiger partial charge < -0.3 is 4.90 Å². The average Bonchev–Trinajstić information content (AvgIpc) is 2.92. The zero-order chi connectivity index (χ0) is 14.5. The number of hydrogen-bond donors (Lipinski definition) is 0. The van der Waals surface area contributed by atoms with Gasteiger partial charge in [0.05, 0.1) is 11.4 Å². The predicted octanol–water partition coefficient (Wildman–Crippen LogP) is 4.85. The van der Waals surface area contributed by atoms with Gasteiger partial charge in [0.25, 0.3) is 0 Å². The smallest absolute Gasteiger partial charge is 0.187 e. The van der Waals surface area contributed by atoms with Crippen LogP contribution in [0.25, 0.3) is 0 Å². The number of aryl methyl sites for hydroxylation is 1. The number of anilines is 1. The quantitative estimate of drug-likeness (QED) is 0.739. The summed E-state index contributed by atoms with van der Waals surface area (Å²) in [5.41, 5.74) is 2.02. The Hall–Kier alpha value is -1.82. The maximum absolute atomic E-state index is 14.1. The van der Waals surface area contributed by atoms with Gasteiger partial charge in [0.1, 0.15) is 5.82 Å². The van der Waals surface area contributed by atoms with Gasteiger partial charge in [-0.1, -0.05) is 6.92 Å². The molecule has 0 spiro atoms. The Morgan fingerprint density at radius 2 is 2.15 bits per heavy atom. The fourth-order valence-electron chi connectivity index (χ4n) is 1.87. The number of rotatable bonds is 5. The lowest BCUT2D eigenvalue weighted by Crippen LogP contribution is -2.19. The Bertz CT molecular complexity index is 595. The van der Waals surface area contributed by atoms with Crippen LogP contribution in [0.4, 0.5) is 21.6 Å². The molecule has 0 amide bonds. The van der Waals surface area contributed by atoms with Crippen molar-refractivity contribution in [1.29, 1.82) is 0 Å². The number of halogens is 1. The van der Waals surface area contributed by atoms with Crippen LogP contribution in [0.15, 0.2) is 33.8 Å². The standard InChI is InChI=1S/C14H17FN4S/c1-4-6-19(3)13-8-10(2)12(9-11(13)15)16-17-14-5-7-20-18-14/h5,7-9H,4,6H2,1-3H3. The highest BCUT2D eigenvalue weighted by molar-refractivity contribution is 7.03. The van der Waals surface area contributed by atoms with E-state index in [1.807, 2.05) is 24.3 Å². The Morgan fingerprint density at radius 1 is 1.35 bits per heavy atom. The topological polar surface area (TPSA) is 40.9 Å². The highest BCUT2D eigenvalue weighted by Crippen LogP contribution is 2.29. The molecule has 106 valence electrons. The predicted molar refractivity (Wildman–Crippen MR) is 81.0 cm³/mol. The molecule has 2 rings (SSSR count). The van der Waals surface area contributed by atoms with Crippen molar-refractivity contribution in [2.75, 3.05) is 18.5 Å². The molecule has 0 aliphatic rings. The van der Waals surface area contributed by atoms with E-state index in [1.54, 1.807) is 12.1 Å². The van der Waals surface area contributed by atoms with Crippen LogP contribution < -0.4 is 4.90 Å². The van der Waals surface area contributed by atoms with Gasteiger partial charge in [0, 0.05) is 25.0 Å². The fourth-order valence-corrected chi connectivity index (χ4v) is 2.32. The van der Waals surface area contributed by atoms with Crippen LogP contribution in [0.5, 0.6) is 0 Å². The van der Waals surface area contributed by atoms with Gasteiger partial charge in [-0.25, -0.2) is 4.39 Å². The number of hydrogen-bond acceptors (Lipinski definition) is 5. The summed E-state index contributed by atoms with van der Waals surface area (Å²) in [5, 5.41) is 9.88. The van der Waals surface area contributed by atoms with Gasteiger partial charge in [-0.2, -0.15) is 4.37 Å². The van der Waals surface area contributed by atoms with Gasteiger partial charge >= 0.3 is 0 Å². The first-order valence-electron chi connectivity index (χ1n) is 6.45. The summed E-state index contributed by atoms with van der Waals surface area (Å²) in [6.45, 7) is 4.78. The zero-order valence-corrected chi connectivity index (χ0v) is 12.6. The molecule has 0 saturated heterocycles. The Balaban J connectivity index is 2.26. The van der Waals surface area contributed by atoms with Crippen LogP contribution in [-0.4, -0.2) is 18.0 Å². The van der Waals surface area contributed by atoms with Crippen LogP contribution in [0.3, 0.4) is 0 Å². The third-order valence-corrected chi connectivity index (χ3v) is 3.47. The molecule has 0 bridgehead atoms. The molecule has 0 saturated carbocycles. The Kier molecular flexibility index (Phi) is 4.79. The van der Waals surface area contributed by atoms with Gasteiger partial charge in [0.15, 0.2) is 5.82 Å². The van der Waals surface area contributed by atoms with Gasteiger partial charge in [-0.3, -0.25) is 0 Å². The molecule has 0 unspecified atom stereocenters. The molecular formula is C14H17FN4S. The number of aromatic nitrogens is 1. The SMILES string of the molecule is CCCN(C)c1cc(C)c(N=Nc2ccsn2)cc1F. The first kappa shape index (κ1) is 14.6. The zero-order valence-electron chi connectivity index (χ0n) is 11.8. The molecule has 0 atom stereocenters. The lowest BCUT2D eigenvalue weighted by atomic mass is 10.1. The van der Waals surface area contributed by atoms with E-state index in [9.17, 15) is 4.39 Å². The van der Waals surface area contributed by atoms with E-state index in [-0.39, 0.29) is 5.82 Å². The van der Waals surface area contributed by atoms with E-state index >= 15 is 0 Å². The highest BCUT2D eigenvalue weighted by atomic mass is 32.1. The van der Waals surface area contributed by atoms with E-state index in [0.29, 0.717) is 17.2 Å². The molecule has 0 aliphatic carbocycles. The Morgan fingerprint density at radius 3 is 2.80 bits per heavy atom. The van der Waals surface area contributed by atoms with Crippen LogP contribution in [-0.2, 0) is 0 Å². The van der Waals surface area contributed by atoms with Gasteiger partial charge in [0.2, 0.25) is 0 Å². The summed E-state index contributed by atoms with van der Waals surface area (Å²) < 4.78 is 18.1. The van der Waals surface area contributed by atoms with Crippen molar-refractivity contribution in [1.82, 2.24) is 4.37 Å². The lowest BCUT2D eigenvalue weighted by Gasteiger charge is -2.20. The maximum atomic E-state index is 14.1. The summed E-state index contributed by atoms with van der Waals surface area (Å²) >= 11 is 1.31. The molecule has 4 nitrogen and oxygen atoms in total. The number of azo groups is 1. The fraction of sp³-hybridized carbons (Fsp3) is 0.357. The normalized spacial score (nSPS) is 11.2. The first-order valence-corrected chi connectivity index (χ1v) is 7.29. The summed E-state index contributed by atoms with van der Waals surface area (Å²) in [6, 6.07) is 5.00. The van der Waals surface area contributed by atoms with E-state index in [2.05, 4.69) is 21.5 Å². The van der Waals surface area contributed by atoms with E-state index in [1.165, 1.54) is 17.6 Å². The molecule has 0 fully saturated rings. The van der Waals surface area contributed by atoms with E-state index < -0.39 is 0 Å².